The molecule has 1 fully saturated rings. The van der Waals surface area contributed by atoms with Crippen molar-refractivity contribution in [1.82, 2.24) is 4.90 Å². The molecule has 1 aliphatic rings. The van der Waals surface area contributed by atoms with Gasteiger partial charge in [-0.25, -0.2) is 14.0 Å². The van der Waals surface area contributed by atoms with Crippen LogP contribution in [0.25, 0.3) is 0 Å². The van der Waals surface area contributed by atoms with Crippen molar-refractivity contribution in [2.24, 2.45) is 0 Å². The van der Waals surface area contributed by atoms with E-state index in [2.05, 4.69) is 0 Å². The van der Waals surface area contributed by atoms with Gasteiger partial charge in [-0.1, -0.05) is 12.1 Å². The van der Waals surface area contributed by atoms with Crippen molar-refractivity contribution >= 4 is 12.1 Å². The van der Waals surface area contributed by atoms with Crippen LogP contribution in [-0.2, 0) is 9.53 Å². The normalized spacial score (nSPS) is 21.6. The SMILES string of the molecule is CC(C)(C)OC(=O)N1C[C@H](c2ccc(F)cc2)[C@H]1C(=O)O. The van der Waals surface area contributed by atoms with Crippen LogP contribution in [0.1, 0.15) is 32.3 Å². The summed E-state index contributed by atoms with van der Waals surface area (Å²) in [4.78, 5) is 24.5. The first-order valence-corrected chi connectivity index (χ1v) is 6.67. The van der Waals surface area contributed by atoms with Crippen molar-refractivity contribution in [2.75, 3.05) is 6.54 Å². The number of likely N-dealkylation sites (tertiary alicyclic amines) is 1. The van der Waals surface area contributed by atoms with Crippen LogP contribution in [0.4, 0.5) is 9.18 Å². The summed E-state index contributed by atoms with van der Waals surface area (Å²) < 4.78 is 18.1. The third-order valence-electron chi connectivity index (χ3n) is 3.29. The first kappa shape index (κ1) is 15.3. The summed E-state index contributed by atoms with van der Waals surface area (Å²) in [5.74, 6) is -1.83. The molecule has 1 aromatic carbocycles. The predicted octanol–water partition coefficient (Wildman–Crippen LogP) is 2.61. The number of carbonyl (C=O) groups is 2. The first-order chi connectivity index (χ1) is 9.69. The van der Waals surface area contributed by atoms with Gasteiger partial charge in [0, 0.05) is 12.5 Å². The lowest BCUT2D eigenvalue weighted by molar-refractivity contribution is -0.149. The molecular formula is C15H18FNO4. The molecule has 1 heterocycles. The third-order valence-corrected chi connectivity index (χ3v) is 3.29. The molecule has 0 spiro atoms. The van der Waals surface area contributed by atoms with E-state index < -0.39 is 23.7 Å². The Morgan fingerprint density at radius 2 is 1.86 bits per heavy atom. The largest absolute Gasteiger partial charge is 0.480 e. The monoisotopic (exact) mass is 295 g/mol. The van der Waals surface area contributed by atoms with Gasteiger partial charge >= 0.3 is 12.1 Å². The fourth-order valence-corrected chi connectivity index (χ4v) is 2.32. The van der Waals surface area contributed by atoms with E-state index in [4.69, 9.17) is 4.74 Å². The highest BCUT2D eigenvalue weighted by Crippen LogP contribution is 2.35. The lowest BCUT2D eigenvalue weighted by atomic mass is 9.83. The highest BCUT2D eigenvalue weighted by Gasteiger charge is 2.48. The first-order valence-electron chi connectivity index (χ1n) is 6.67. The van der Waals surface area contributed by atoms with Crippen LogP contribution in [0.3, 0.4) is 0 Å². The van der Waals surface area contributed by atoms with Crippen LogP contribution >= 0.6 is 0 Å². The zero-order valence-corrected chi connectivity index (χ0v) is 12.2. The molecule has 0 unspecified atom stereocenters. The number of halogens is 1. The van der Waals surface area contributed by atoms with Gasteiger partial charge in [0.2, 0.25) is 0 Å². The third kappa shape index (κ3) is 3.32. The quantitative estimate of drug-likeness (QED) is 0.910. The van der Waals surface area contributed by atoms with Crippen LogP contribution in [-0.4, -0.2) is 40.3 Å². The van der Waals surface area contributed by atoms with E-state index in [1.165, 1.54) is 17.0 Å². The summed E-state index contributed by atoms with van der Waals surface area (Å²) in [6, 6.07) is 4.67. The summed E-state index contributed by atoms with van der Waals surface area (Å²) in [7, 11) is 0. The van der Waals surface area contributed by atoms with Gasteiger partial charge in [0.1, 0.15) is 17.5 Å². The maximum absolute atomic E-state index is 12.9. The van der Waals surface area contributed by atoms with Gasteiger partial charge < -0.3 is 9.84 Å². The minimum absolute atomic E-state index is 0.248. The minimum Gasteiger partial charge on any atom is -0.480 e. The molecule has 1 aliphatic heterocycles. The van der Waals surface area contributed by atoms with E-state index in [1.807, 2.05) is 0 Å². The number of aliphatic carboxylic acids is 1. The number of hydrogen-bond acceptors (Lipinski definition) is 3. The standard InChI is InChI=1S/C15H18FNO4/c1-15(2,3)21-14(20)17-8-11(12(17)13(18)19)9-4-6-10(16)7-5-9/h4-7,11-12H,8H2,1-3H3,(H,18,19)/t11-,12+/m1/s1. The number of rotatable bonds is 2. The molecule has 5 nitrogen and oxygen atoms in total. The molecule has 0 bridgehead atoms. The predicted molar refractivity (Wildman–Crippen MR) is 73.5 cm³/mol. The van der Waals surface area contributed by atoms with Gasteiger partial charge in [0.15, 0.2) is 0 Å². The van der Waals surface area contributed by atoms with E-state index in [0.717, 1.165) is 0 Å². The van der Waals surface area contributed by atoms with Crippen molar-refractivity contribution in [3.8, 4) is 0 Å². The molecule has 114 valence electrons. The molecule has 1 aromatic rings. The molecule has 1 N–H and O–H groups in total. The number of amides is 1. The number of hydrogen-bond donors (Lipinski definition) is 1. The van der Waals surface area contributed by atoms with Crippen LogP contribution in [0.5, 0.6) is 0 Å². The Bertz CT molecular complexity index is 550. The van der Waals surface area contributed by atoms with Gasteiger partial charge in [-0.2, -0.15) is 0 Å². The summed E-state index contributed by atoms with van der Waals surface area (Å²) in [5, 5.41) is 9.31. The Balaban J connectivity index is 2.13. The summed E-state index contributed by atoms with van der Waals surface area (Å²) >= 11 is 0. The van der Waals surface area contributed by atoms with Crippen LogP contribution in [0.2, 0.25) is 0 Å². The fraction of sp³-hybridized carbons (Fsp3) is 0.467. The van der Waals surface area contributed by atoms with Crippen molar-refractivity contribution in [1.29, 1.82) is 0 Å². The van der Waals surface area contributed by atoms with E-state index in [0.29, 0.717) is 5.56 Å². The van der Waals surface area contributed by atoms with Crippen molar-refractivity contribution in [3.63, 3.8) is 0 Å². The molecule has 6 heteroatoms. The van der Waals surface area contributed by atoms with Crippen LogP contribution in [0.15, 0.2) is 24.3 Å². The van der Waals surface area contributed by atoms with Gasteiger partial charge in [0.25, 0.3) is 0 Å². The van der Waals surface area contributed by atoms with E-state index in [9.17, 15) is 19.1 Å². The molecule has 2 rings (SSSR count). The Labute approximate surface area is 122 Å². The Kier molecular flexibility index (Phi) is 3.89. The van der Waals surface area contributed by atoms with E-state index >= 15 is 0 Å². The second-order valence-electron chi connectivity index (χ2n) is 6.07. The molecule has 1 saturated heterocycles. The number of carboxylic acids is 1. The maximum atomic E-state index is 12.9. The van der Waals surface area contributed by atoms with E-state index in [1.54, 1.807) is 32.9 Å². The Morgan fingerprint density at radius 3 is 2.33 bits per heavy atom. The Morgan fingerprint density at radius 1 is 1.29 bits per heavy atom. The number of carbonyl (C=O) groups excluding carboxylic acids is 1. The number of benzene rings is 1. The zero-order chi connectivity index (χ0) is 15.8. The fourth-order valence-electron chi connectivity index (χ4n) is 2.32. The average molecular weight is 295 g/mol. The minimum atomic E-state index is -1.10. The second-order valence-corrected chi connectivity index (χ2v) is 6.07. The van der Waals surface area contributed by atoms with Crippen molar-refractivity contribution < 1.29 is 23.8 Å². The molecule has 0 radical (unpaired) electrons. The molecule has 21 heavy (non-hydrogen) atoms. The number of carboxylic acid groups (broad SMARTS) is 1. The van der Waals surface area contributed by atoms with Crippen LogP contribution < -0.4 is 0 Å². The average Bonchev–Trinajstić information content (AvgIpc) is 2.27. The zero-order valence-electron chi connectivity index (χ0n) is 12.2. The van der Waals surface area contributed by atoms with Crippen molar-refractivity contribution in [3.05, 3.63) is 35.6 Å². The Hall–Kier alpha value is -2.11. The number of ether oxygens (including phenoxy) is 1. The summed E-state index contributed by atoms with van der Waals surface area (Å²) in [6.07, 6.45) is -0.645. The lowest BCUT2D eigenvalue weighted by Gasteiger charge is -2.45. The van der Waals surface area contributed by atoms with Crippen molar-refractivity contribution in [2.45, 2.75) is 38.3 Å². The molecular weight excluding hydrogens is 277 g/mol. The second kappa shape index (κ2) is 5.35. The molecule has 0 aromatic heterocycles. The van der Waals surface area contributed by atoms with Gasteiger partial charge in [-0.05, 0) is 38.5 Å². The lowest BCUT2D eigenvalue weighted by Crippen LogP contribution is -2.61. The summed E-state index contributed by atoms with van der Waals surface area (Å²) in [6.45, 7) is 5.41. The summed E-state index contributed by atoms with van der Waals surface area (Å²) in [5.41, 5.74) is 0.0183. The topological polar surface area (TPSA) is 66.8 Å². The molecule has 1 amide bonds. The van der Waals surface area contributed by atoms with Crippen LogP contribution in [0, 0.1) is 5.82 Å². The van der Waals surface area contributed by atoms with Gasteiger partial charge in [0.05, 0.1) is 0 Å². The molecule has 0 aliphatic carbocycles. The maximum Gasteiger partial charge on any atom is 0.411 e. The molecule has 2 atom stereocenters. The highest BCUT2D eigenvalue weighted by atomic mass is 19.1. The smallest absolute Gasteiger partial charge is 0.411 e. The highest BCUT2D eigenvalue weighted by molar-refractivity contribution is 5.83. The van der Waals surface area contributed by atoms with E-state index in [-0.39, 0.29) is 18.3 Å². The number of nitrogens with zero attached hydrogens (tertiary/aromatic N) is 1. The van der Waals surface area contributed by atoms with Gasteiger partial charge in [-0.15, -0.1) is 0 Å². The molecule has 0 saturated carbocycles. The van der Waals surface area contributed by atoms with Gasteiger partial charge in [-0.3, -0.25) is 4.90 Å².